The molecular weight excluding hydrogens is 188 g/mol. The van der Waals surface area contributed by atoms with Crippen molar-refractivity contribution in [2.75, 3.05) is 0 Å². The molecule has 0 amide bonds. The van der Waals surface area contributed by atoms with Crippen LogP contribution in [0.3, 0.4) is 0 Å². The highest BCUT2D eigenvalue weighted by molar-refractivity contribution is 5.70. The predicted octanol–water partition coefficient (Wildman–Crippen LogP) is 3.56. The molecule has 1 N–H and O–H groups in total. The van der Waals surface area contributed by atoms with E-state index in [-0.39, 0.29) is 5.92 Å². The molecule has 2 nitrogen and oxygen atoms in total. The number of rotatable bonds is 3. The predicted molar refractivity (Wildman–Crippen MR) is 61.7 cm³/mol. The van der Waals surface area contributed by atoms with Crippen LogP contribution in [0.2, 0.25) is 0 Å². The minimum atomic E-state index is -0.604. The van der Waals surface area contributed by atoms with Gasteiger partial charge in [-0.05, 0) is 42.9 Å². The molecule has 1 aliphatic carbocycles. The number of hydrogen-bond donors (Lipinski definition) is 1. The second kappa shape index (κ2) is 4.54. The molecule has 2 heteroatoms. The van der Waals surface area contributed by atoms with E-state index in [0.717, 1.165) is 19.3 Å². The molecule has 0 aromatic rings. The van der Waals surface area contributed by atoms with Crippen LogP contribution in [-0.4, -0.2) is 11.1 Å². The van der Waals surface area contributed by atoms with Crippen LogP contribution in [0, 0.1) is 23.2 Å². The van der Waals surface area contributed by atoms with Gasteiger partial charge in [0.05, 0.1) is 5.92 Å². The van der Waals surface area contributed by atoms with E-state index in [1.54, 1.807) is 0 Å². The summed E-state index contributed by atoms with van der Waals surface area (Å²) in [4.78, 5) is 11.1. The average molecular weight is 212 g/mol. The lowest BCUT2D eigenvalue weighted by Gasteiger charge is -2.41. The van der Waals surface area contributed by atoms with Crippen LogP contribution in [0.5, 0.6) is 0 Å². The molecule has 1 unspecified atom stereocenters. The van der Waals surface area contributed by atoms with E-state index in [1.807, 2.05) is 6.92 Å². The lowest BCUT2D eigenvalue weighted by atomic mass is 9.64. The third-order valence-corrected chi connectivity index (χ3v) is 3.75. The first-order valence-corrected chi connectivity index (χ1v) is 6.08. The summed E-state index contributed by atoms with van der Waals surface area (Å²) in [5.74, 6) is 0.317. The van der Waals surface area contributed by atoms with Gasteiger partial charge in [-0.25, -0.2) is 0 Å². The quantitative estimate of drug-likeness (QED) is 0.776. The van der Waals surface area contributed by atoms with Crippen molar-refractivity contribution in [3.63, 3.8) is 0 Å². The maximum Gasteiger partial charge on any atom is 0.306 e. The monoisotopic (exact) mass is 212 g/mol. The number of carbonyl (C=O) groups is 1. The maximum atomic E-state index is 11.1. The molecule has 1 saturated carbocycles. The fraction of sp³-hybridized carbons (Fsp3) is 0.923. The molecule has 3 atom stereocenters. The molecule has 0 aliphatic heterocycles. The van der Waals surface area contributed by atoms with E-state index in [9.17, 15) is 9.90 Å². The highest BCUT2D eigenvalue weighted by Crippen LogP contribution is 2.44. The third kappa shape index (κ3) is 3.22. The van der Waals surface area contributed by atoms with Gasteiger partial charge in [0.1, 0.15) is 0 Å². The zero-order chi connectivity index (χ0) is 11.6. The van der Waals surface area contributed by atoms with Gasteiger partial charge in [0.2, 0.25) is 0 Å². The van der Waals surface area contributed by atoms with Gasteiger partial charge in [0.25, 0.3) is 0 Å². The van der Waals surface area contributed by atoms with Crippen LogP contribution in [0.15, 0.2) is 0 Å². The maximum absolute atomic E-state index is 11.1. The molecule has 0 heterocycles. The Kier molecular flexibility index (Phi) is 3.80. The van der Waals surface area contributed by atoms with Crippen molar-refractivity contribution in [1.82, 2.24) is 0 Å². The number of carboxylic acids is 1. The van der Waals surface area contributed by atoms with Crippen LogP contribution in [0.4, 0.5) is 0 Å². The third-order valence-electron chi connectivity index (χ3n) is 3.75. The summed E-state index contributed by atoms with van der Waals surface area (Å²) >= 11 is 0. The van der Waals surface area contributed by atoms with Gasteiger partial charge in [-0.2, -0.15) is 0 Å². The van der Waals surface area contributed by atoms with Gasteiger partial charge in [0, 0.05) is 0 Å². The molecule has 1 aliphatic rings. The number of aliphatic carboxylic acids is 1. The van der Waals surface area contributed by atoms with Gasteiger partial charge < -0.3 is 5.11 Å². The molecule has 0 aromatic heterocycles. The molecule has 88 valence electrons. The smallest absolute Gasteiger partial charge is 0.306 e. The Hall–Kier alpha value is -0.530. The largest absolute Gasteiger partial charge is 0.481 e. The van der Waals surface area contributed by atoms with Crippen LogP contribution in [0.25, 0.3) is 0 Å². The topological polar surface area (TPSA) is 37.3 Å². The minimum absolute atomic E-state index is 0.132. The number of carboxylic acid groups (broad SMARTS) is 1. The first-order chi connectivity index (χ1) is 6.85. The van der Waals surface area contributed by atoms with Crippen molar-refractivity contribution in [3.05, 3.63) is 0 Å². The van der Waals surface area contributed by atoms with E-state index >= 15 is 0 Å². The van der Waals surface area contributed by atoms with Crippen LogP contribution >= 0.6 is 0 Å². The van der Waals surface area contributed by atoms with Gasteiger partial charge in [-0.3, -0.25) is 4.79 Å². The summed E-state index contributed by atoms with van der Waals surface area (Å²) in [6, 6.07) is 0. The standard InChI is InChI=1S/C13H24O2/c1-5-11(12(14)15)10-6-9(2)7-13(3,4)8-10/h9-11H,5-8H2,1-4H3,(H,14,15)/t9-,10+,11?/m1/s1. The van der Waals surface area contributed by atoms with Gasteiger partial charge in [-0.15, -0.1) is 0 Å². The Morgan fingerprint density at radius 2 is 2.07 bits per heavy atom. The molecule has 0 saturated heterocycles. The Morgan fingerprint density at radius 3 is 2.47 bits per heavy atom. The van der Waals surface area contributed by atoms with Gasteiger partial charge in [-0.1, -0.05) is 27.7 Å². The fourth-order valence-corrected chi connectivity index (χ4v) is 3.44. The first-order valence-electron chi connectivity index (χ1n) is 6.08. The zero-order valence-electron chi connectivity index (χ0n) is 10.4. The van der Waals surface area contributed by atoms with E-state index in [4.69, 9.17) is 0 Å². The molecule has 1 rings (SSSR count). The second-order valence-corrected chi connectivity index (χ2v) is 6.03. The van der Waals surface area contributed by atoms with E-state index in [2.05, 4.69) is 20.8 Å². The van der Waals surface area contributed by atoms with Crippen molar-refractivity contribution in [2.24, 2.45) is 23.2 Å². The van der Waals surface area contributed by atoms with Crippen molar-refractivity contribution < 1.29 is 9.90 Å². The Morgan fingerprint density at radius 1 is 1.47 bits per heavy atom. The van der Waals surface area contributed by atoms with E-state index < -0.39 is 5.97 Å². The summed E-state index contributed by atoms with van der Waals surface area (Å²) < 4.78 is 0. The molecule has 0 bridgehead atoms. The fourth-order valence-electron chi connectivity index (χ4n) is 3.44. The summed E-state index contributed by atoms with van der Waals surface area (Å²) in [7, 11) is 0. The van der Waals surface area contributed by atoms with Crippen molar-refractivity contribution in [1.29, 1.82) is 0 Å². The Bertz CT molecular complexity index is 233. The molecule has 1 fully saturated rings. The van der Waals surface area contributed by atoms with Gasteiger partial charge in [0.15, 0.2) is 0 Å². The van der Waals surface area contributed by atoms with Crippen LogP contribution in [0.1, 0.15) is 53.4 Å². The molecule has 0 spiro atoms. The highest BCUT2D eigenvalue weighted by atomic mass is 16.4. The Labute approximate surface area is 93.1 Å². The average Bonchev–Trinajstić information content (AvgIpc) is 1.99. The normalized spacial score (nSPS) is 32.3. The zero-order valence-corrected chi connectivity index (χ0v) is 10.4. The number of hydrogen-bond acceptors (Lipinski definition) is 1. The SMILES string of the molecule is CCC(C(=O)O)[C@H]1C[C@@H](C)CC(C)(C)C1. The van der Waals surface area contributed by atoms with Crippen LogP contribution < -0.4 is 0 Å². The molecular formula is C13H24O2. The highest BCUT2D eigenvalue weighted by Gasteiger charge is 2.37. The summed E-state index contributed by atoms with van der Waals surface area (Å²) in [5.41, 5.74) is 0.325. The van der Waals surface area contributed by atoms with E-state index in [0.29, 0.717) is 17.3 Å². The molecule has 0 radical (unpaired) electrons. The van der Waals surface area contributed by atoms with Crippen molar-refractivity contribution in [3.8, 4) is 0 Å². The minimum Gasteiger partial charge on any atom is -0.481 e. The second-order valence-electron chi connectivity index (χ2n) is 6.03. The van der Waals surface area contributed by atoms with Crippen LogP contribution in [-0.2, 0) is 4.79 Å². The molecule has 15 heavy (non-hydrogen) atoms. The molecule has 0 aromatic carbocycles. The van der Waals surface area contributed by atoms with Gasteiger partial charge >= 0.3 is 5.97 Å². The van der Waals surface area contributed by atoms with Crippen molar-refractivity contribution in [2.45, 2.75) is 53.4 Å². The summed E-state index contributed by atoms with van der Waals surface area (Å²) in [6.45, 7) is 8.78. The lowest BCUT2D eigenvalue weighted by molar-refractivity contribution is -0.145. The first kappa shape index (κ1) is 12.5. The van der Waals surface area contributed by atoms with Crippen molar-refractivity contribution >= 4 is 5.97 Å². The lowest BCUT2D eigenvalue weighted by Crippen LogP contribution is -2.34. The van der Waals surface area contributed by atoms with E-state index in [1.165, 1.54) is 6.42 Å². The summed E-state index contributed by atoms with van der Waals surface area (Å²) in [6.07, 6.45) is 4.17. The Balaban J connectivity index is 2.72. The summed E-state index contributed by atoms with van der Waals surface area (Å²) in [5, 5.41) is 9.18.